The van der Waals surface area contributed by atoms with Gasteiger partial charge in [0.1, 0.15) is 23.0 Å². The summed E-state index contributed by atoms with van der Waals surface area (Å²) in [6.45, 7) is 11.5. The molecule has 2 aromatic rings. The van der Waals surface area contributed by atoms with Crippen LogP contribution in [0.5, 0.6) is 5.75 Å². The van der Waals surface area contributed by atoms with Crippen molar-refractivity contribution in [2.75, 3.05) is 13.7 Å². The van der Waals surface area contributed by atoms with E-state index in [1.54, 1.807) is 4.90 Å². The SMILES string of the molecule is C=CCCCCC[C@H](CC(=O)OC(C)(C)C)C(=O)N1C[C@]2(CCc3c(c(CC)nc4ccccc34)O2)C[C@H]1C(=O)OC. The Balaban J connectivity index is 1.61. The zero-order valence-corrected chi connectivity index (χ0v) is 25.9. The van der Waals surface area contributed by atoms with E-state index in [0.717, 1.165) is 60.0 Å². The first-order chi connectivity index (χ1) is 20.0. The number of aryl methyl sites for hydroxylation is 2. The van der Waals surface area contributed by atoms with Crippen molar-refractivity contribution in [3.8, 4) is 5.75 Å². The molecule has 8 nitrogen and oxygen atoms in total. The van der Waals surface area contributed by atoms with E-state index in [9.17, 15) is 14.4 Å². The fourth-order valence-corrected chi connectivity index (χ4v) is 6.32. The van der Waals surface area contributed by atoms with Crippen LogP contribution >= 0.6 is 0 Å². The summed E-state index contributed by atoms with van der Waals surface area (Å²) in [6, 6.07) is 7.29. The van der Waals surface area contributed by atoms with Gasteiger partial charge in [-0.3, -0.25) is 9.59 Å². The number of hydrogen-bond acceptors (Lipinski definition) is 7. The highest BCUT2D eigenvalue weighted by molar-refractivity contribution is 5.89. The number of fused-ring (bicyclic) bond motifs is 3. The van der Waals surface area contributed by atoms with Crippen LogP contribution in [0.15, 0.2) is 36.9 Å². The molecule has 3 atom stereocenters. The smallest absolute Gasteiger partial charge is 0.328 e. The maximum atomic E-state index is 14.2. The minimum absolute atomic E-state index is 0.0332. The fraction of sp³-hybridized carbons (Fsp3) is 0.588. The molecule has 1 fully saturated rings. The van der Waals surface area contributed by atoms with E-state index in [1.165, 1.54) is 7.11 Å². The van der Waals surface area contributed by atoms with Crippen molar-refractivity contribution in [3.05, 3.63) is 48.2 Å². The van der Waals surface area contributed by atoms with E-state index in [1.807, 2.05) is 45.0 Å². The second-order valence-electron chi connectivity index (χ2n) is 12.6. The number of nitrogens with zero attached hydrogens (tertiary/aromatic N) is 2. The first-order valence-electron chi connectivity index (χ1n) is 15.3. The van der Waals surface area contributed by atoms with Gasteiger partial charge in [-0.15, -0.1) is 6.58 Å². The Hall–Kier alpha value is -3.42. The van der Waals surface area contributed by atoms with Crippen molar-refractivity contribution in [2.24, 2.45) is 5.92 Å². The molecular weight excluding hydrogens is 532 g/mol. The van der Waals surface area contributed by atoms with Crippen molar-refractivity contribution < 1.29 is 28.6 Å². The van der Waals surface area contributed by atoms with Crippen LogP contribution in [0.25, 0.3) is 10.9 Å². The van der Waals surface area contributed by atoms with Crippen molar-refractivity contribution >= 4 is 28.7 Å². The van der Waals surface area contributed by atoms with Gasteiger partial charge in [0.2, 0.25) is 5.91 Å². The predicted octanol–water partition coefficient (Wildman–Crippen LogP) is 6.12. The normalized spacial score (nSPS) is 20.6. The summed E-state index contributed by atoms with van der Waals surface area (Å²) in [5.74, 6) is -0.933. The molecule has 8 heteroatoms. The number of esters is 2. The van der Waals surface area contributed by atoms with E-state index in [0.29, 0.717) is 25.7 Å². The minimum Gasteiger partial charge on any atom is -0.483 e. The lowest BCUT2D eigenvalue weighted by Gasteiger charge is -2.37. The van der Waals surface area contributed by atoms with Gasteiger partial charge in [0.05, 0.1) is 31.3 Å². The molecule has 2 aliphatic rings. The molecule has 0 saturated carbocycles. The van der Waals surface area contributed by atoms with Gasteiger partial charge in [-0.05, 0) is 65.4 Å². The second-order valence-corrected chi connectivity index (χ2v) is 12.6. The Labute approximate surface area is 249 Å². The quantitative estimate of drug-likeness (QED) is 0.180. The fourth-order valence-electron chi connectivity index (χ4n) is 6.32. The molecule has 0 bridgehead atoms. The molecule has 1 aromatic carbocycles. The minimum atomic E-state index is -0.788. The van der Waals surface area contributed by atoms with Crippen molar-refractivity contribution in [3.63, 3.8) is 0 Å². The van der Waals surface area contributed by atoms with E-state index in [2.05, 4.69) is 19.6 Å². The van der Waals surface area contributed by atoms with E-state index >= 15 is 0 Å². The number of carbonyl (C=O) groups excluding carboxylic acids is 3. The lowest BCUT2D eigenvalue weighted by molar-refractivity contribution is -0.159. The standard InChI is InChI=1S/C34H46N2O6/c1-7-9-10-11-12-15-23(20-29(37)41-33(3,4)5)31(38)36-22-34(21-28(36)32(39)40-6)19-18-25-24-16-13-14-17-27(24)35-26(8-2)30(25)42-34/h7,13-14,16-17,23,28H,1,8-12,15,18-22H2,2-6H3/t23-,28+,34+/m1/s1. The van der Waals surface area contributed by atoms with E-state index < -0.39 is 35.1 Å². The second kappa shape index (κ2) is 13.3. The third-order valence-corrected chi connectivity index (χ3v) is 8.30. The van der Waals surface area contributed by atoms with Crippen LogP contribution < -0.4 is 4.74 Å². The maximum absolute atomic E-state index is 14.2. The number of para-hydroxylation sites is 1. The highest BCUT2D eigenvalue weighted by Crippen LogP contribution is 2.45. The molecule has 0 aliphatic carbocycles. The summed E-state index contributed by atoms with van der Waals surface area (Å²) in [6.07, 6.45) is 8.44. The number of unbranched alkanes of at least 4 members (excludes halogenated alkanes) is 3. The third-order valence-electron chi connectivity index (χ3n) is 8.30. The number of likely N-dealkylation sites (tertiary alicyclic amines) is 1. The van der Waals surface area contributed by atoms with Crippen LogP contribution in [0.4, 0.5) is 0 Å². The van der Waals surface area contributed by atoms with Gasteiger partial charge in [0.15, 0.2) is 0 Å². The first-order valence-corrected chi connectivity index (χ1v) is 15.3. The zero-order chi connectivity index (χ0) is 30.5. The number of pyridine rings is 1. The highest BCUT2D eigenvalue weighted by atomic mass is 16.6. The topological polar surface area (TPSA) is 95.0 Å². The molecule has 0 N–H and O–H groups in total. The monoisotopic (exact) mass is 578 g/mol. The van der Waals surface area contributed by atoms with Gasteiger partial charge in [-0.1, -0.05) is 44.0 Å². The maximum Gasteiger partial charge on any atom is 0.328 e. The number of rotatable bonds is 11. The van der Waals surface area contributed by atoms with E-state index in [4.69, 9.17) is 19.2 Å². The number of aromatic nitrogens is 1. The number of hydrogen-bond donors (Lipinski definition) is 0. The lowest BCUT2D eigenvalue weighted by Crippen LogP contribution is -2.47. The predicted molar refractivity (Wildman–Crippen MR) is 162 cm³/mol. The van der Waals surface area contributed by atoms with Gasteiger partial charge >= 0.3 is 11.9 Å². The average molecular weight is 579 g/mol. The molecule has 2 aliphatic heterocycles. The Bertz CT molecular complexity index is 1320. The Kier molecular flexibility index (Phi) is 9.95. The number of amides is 1. The third kappa shape index (κ3) is 7.13. The van der Waals surface area contributed by atoms with Crippen molar-refractivity contribution in [2.45, 2.75) is 109 Å². The molecule has 0 unspecified atom stereocenters. The molecule has 1 amide bonds. The summed E-state index contributed by atoms with van der Waals surface area (Å²) in [7, 11) is 1.34. The van der Waals surface area contributed by atoms with Crippen molar-refractivity contribution in [1.29, 1.82) is 0 Å². The number of allylic oxidation sites excluding steroid dienone is 1. The van der Waals surface area contributed by atoms with Crippen molar-refractivity contribution in [1.82, 2.24) is 9.88 Å². The van der Waals surface area contributed by atoms with Crippen LogP contribution in [0.3, 0.4) is 0 Å². The molecule has 1 spiro atoms. The summed E-state index contributed by atoms with van der Waals surface area (Å²) in [5, 5.41) is 1.07. The number of ether oxygens (including phenoxy) is 3. The van der Waals surface area contributed by atoms with E-state index in [-0.39, 0.29) is 18.9 Å². The number of methoxy groups -OCH3 is 1. The first kappa shape index (κ1) is 31.5. The molecule has 3 heterocycles. The van der Waals surface area contributed by atoms with Gasteiger partial charge in [0.25, 0.3) is 0 Å². The summed E-state index contributed by atoms with van der Waals surface area (Å²) < 4.78 is 17.6. The number of carbonyl (C=O) groups is 3. The largest absolute Gasteiger partial charge is 0.483 e. The Morgan fingerprint density at radius 2 is 1.98 bits per heavy atom. The van der Waals surface area contributed by atoms with Crippen LogP contribution in [0, 0.1) is 5.92 Å². The van der Waals surface area contributed by atoms with Crippen LogP contribution in [0.1, 0.15) is 90.3 Å². The van der Waals surface area contributed by atoms with Gasteiger partial charge in [0, 0.05) is 23.3 Å². The van der Waals surface area contributed by atoms with Crippen LogP contribution in [0.2, 0.25) is 0 Å². The molecule has 1 saturated heterocycles. The Morgan fingerprint density at radius 1 is 1.21 bits per heavy atom. The highest BCUT2D eigenvalue weighted by Gasteiger charge is 2.53. The summed E-state index contributed by atoms with van der Waals surface area (Å²) in [5.41, 5.74) is 1.56. The summed E-state index contributed by atoms with van der Waals surface area (Å²) in [4.78, 5) is 46.6. The molecule has 42 heavy (non-hydrogen) atoms. The van der Waals surface area contributed by atoms with Gasteiger partial charge < -0.3 is 19.1 Å². The van der Waals surface area contributed by atoms with Crippen LogP contribution in [-0.4, -0.2) is 58.6 Å². The van der Waals surface area contributed by atoms with Crippen LogP contribution in [-0.2, 0) is 36.7 Å². The molecule has 4 rings (SSSR count). The molecule has 0 radical (unpaired) electrons. The lowest BCUT2D eigenvalue weighted by atomic mass is 9.87. The average Bonchev–Trinajstić information content (AvgIpc) is 3.32. The summed E-state index contributed by atoms with van der Waals surface area (Å²) >= 11 is 0. The van der Waals surface area contributed by atoms with Gasteiger partial charge in [-0.2, -0.15) is 0 Å². The van der Waals surface area contributed by atoms with Gasteiger partial charge in [-0.25, -0.2) is 9.78 Å². The molecule has 228 valence electrons. The number of benzene rings is 1. The Morgan fingerprint density at radius 3 is 2.67 bits per heavy atom. The molecule has 1 aromatic heterocycles. The zero-order valence-electron chi connectivity index (χ0n) is 25.9. The molecular formula is C34H46N2O6.